The quantitative estimate of drug-likeness (QED) is 0.560. The summed E-state index contributed by atoms with van der Waals surface area (Å²) < 4.78 is 0. The summed E-state index contributed by atoms with van der Waals surface area (Å²) in [5.41, 5.74) is 1.31. The van der Waals surface area contributed by atoms with Gasteiger partial charge in [0.15, 0.2) is 0 Å². The van der Waals surface area contributed by atoms with Crippen molar-refractivity contribution < 1.29 is 10.2 Å². The number of aliphatic hydroxyl groups excluding tert-OH is 2. The van der Waals surface area contributed by atoms with E-state index in [1.54, 1.807) is 6.08 Å². The van der Waals surface area contributed by atoms with Crippen molar-refractivity contribution in [2.75, 3.05) is 0 Å². The highest BCUT2D eigenvalue weighted by atomic mass is 16.3. The molecule has 1 saturated carbocycles. The van der Waals surface area contributed by atoms with Crippen LogP contribution in [0.2, 0.25) is 0 Å². The molecule has 2 aliphatic rings. The summed E-state index contributed by atoms with van der Waals surface area (Å²) in [6.07, 6.45) is 10.5. The molecule has 0 amide bonds. The summed E-state index contributed by atoms with van der Waals surface area (Å²) in [4.78, 5) is 0. The average molecular weight is 232 g/mol. The number of allylic oxidation sites excluding steroid dienone is 6. The molecule has 0 aromatic carbocycles. The van der Waals surface area contributed by atoms with Gasteiger partial charge in [-0.05, 0) is 36.0 Å². The molecule has 2 N–H and O–H groups in total. The van der Waals surface area contributed by atoms with E-state index in [2.05, 4.69) is 26.8 Å². The molecule has 2 aliphatic carbocycles. The fraction of sp³-hybridized carbons (Fsp3) is 0.467. The van der Waals surface area contributed by atoms with Crippen LogP contribution in [-0.2, 0) is 0 Å². The molecule has 2 nitrogen and oxygen atoms in total. The summed E-state index contributed by atoms with van der Waals surface area (Å²) in [5, 5.41) is 18.3. The van der Waals surface area contributed by atoms with Crippen molar-refractivity contribution >= 4 is 0 Å². The summed E-state index contributed by atoms with van der Waals surface area (Å²) in [6.45, 7) is 6.59. The summed E-state index contributed by atoms with van der Waals surface area (Å²) >= 11 is 0. The summed E-state index contributed by atoms with van der Waals surface area (Å²) in [7, 11) is 0. The van der Waals surface area contributed by atoms with Crippen molar-refractivity contribution in [2.45, 2.75) is 20.8 Å². The number of aliphatic hydroxyl groups is 2. The van der Waals surface area contributed by atoms with Gasteiger partial charge in [0.25, 0.3) is 0 Å². The third-order valence-electron chi connectivity index (χ3n) is 4.41. The molecule has 0 aliphatic heterocycles. The molecule has 0 spiro atoms. The van der Waals surface area contributed by atoms with Crippen LogP contribution in [0.3, 0.4) is 0 Å². The van der Waals surface area contributed by atoms with E-state index in [1.165, 1.54) is 5.57 Å². The molecule has 3 unspecified atom stereocenters. The second kappa shape index (κ2) is 4.10. The van der Waals surface area contributed by atoms with Crippen molar-refractivity contribution in [1.82, 2.24) is 0 Å². The van der Waals surface area contributed by atoms with E-state index in [-0.39, 0.29) is 5.41 Å². The lowest BCUT2D eigenvalue weighted by molar-refractivity contribution is 0.0952. The van der Waals surface area contributed by atoms with E-state index in [1.807, 2.05) is 18.2 Å². The fourth-order valence-electron chi connectivity index (χ4n) is 3.29. The standard InChI is InChI=1S/C15H20O2/c1-10-8-12(17)9-13-14(10)11(2)15(13,3)6-4-5-7-16/h4-11,14,16-17H,1-3H3/b6-4-,7-5+/t10?,11?,14?,15-/m1/s1. The van der Waals surface area contributed by atoms with Crippen molar-refractivity contribution in [2.24, 2.45) is 23.2 Å². The van der Waals surface area contributed by atoms with Gasteiger partial charge in [-0.25, -0.2) is 0 Å². The molecule has 0 heterocycles. The van der Waals surface area contributed by atoms with Crippen LogP contribution >= 0.6 is 0 Å². The van der Waals surface area contributed by atoms with Crippen molar-refractivity contribution in [3.05, 3.63) is 48.0 Å². The first kappa shape index (κ1) is 12.0. The maximum atomic E-state index is 9.70. The van der Waals surface area contributed by atoms with E-state index in [4.69, 9.17) is 5.11 Å². The number of hydrogen-bond acceptors (Lipinski definition) is 2. The summed E-state index contributed by atoms with van der Waals surface area (Å²) in [6, 6.07) is 0. The van der Waals surface area contributed by atoms with E-state index in [0.29, 0.717) is 23.5 Å². The lowest BCUT2D eigenvalue weighted by Crippen LogP contribution is -2.49. The maximum Gasteiger partial charge on any atom is 0.111 e. The largest absolute Gasteiger partial charge is 0.516 e. The van der Waals surface area contributed by atoms with Crippen LogP contribution in [0.4, 0.5) is 0 Å². The van der Waals surface area contributed by atoms with E-state index < -0.39 is 0 Å². The number of fused-ring (bicyclic) bond motifs is 1. The lowest BCUT2D eigenvalue weighted by Gasteiger charge is -2.56. The monoisotopic (exact) mass is 232 g/mol. The topological polar surface area (TPSA) is 40.5 Å². The highest BCUT2D eigenvalue weighted by Crippen LogP contribution is 2.60. The Hall–Kier alpha value is -1.44. The molecule has 2 rings (SSSR count). The van der Waals surface area contributed by atoms with E-state index >= 15 is 0 Å². The molecule has 17 heavy (non-hydrogen) atoms. The van der Waals surface area contributed by atoms with E-state index in [9.17, 15) is 5.11 Å². The second-order valence-electron chi connectivity index (χ2n) is 5.35. The second-order valence-corrected chi connectivity index (χ2v) is 5.35. The third-order valence-corrected chi connectivity index (χ3v) is 4.41. The van der Waals surface area contributed by atoms with Crippen molar-refractivity contribution in [3.63, 3.8) is 0 Å². The van der Waals surface area contributed by atoms with Crippen LogP contribution < -0.4 is 0 Å². The van der Waals surface area contributed by atoms with Crippen LogP contribution in [0, 0.1) is 23.2 Å². The van der Waals surface area contributed by atoms with Gasteiger partial charge in [0.2, 0.25) is 0 Å². The third kappa shape index (κ3) is 1.72. The molecule has 0 aromatic heterocycles. The predicted molar refractivity (Wildman–Crippen MR) is 69.6 cm³/mol. The predicted octanol–water partition coefficient (Wildman–Crippen LogP) is 3.90. The minimum atomic E-state index is 0.000671. The number of rotatable bonds is 2. The molecule has 2 heteroatoms. The zero-order valence-corrected chi connectivity index (χ0v) is 10.6. The van der Waals surface area contributed by atoms with Gasteiger partial charge in [0.05, 0.1) is 6.26 Å². The zero-order chi connectivity index (χ0) is 12.6. The minimum Gasteiger partial charge on any atom is -0.516 e. The Morgan fingerprint density at radius 3 is 2.65 bits per heavy atom. The maximum absolute atomic E-state index is 9.70. The Morgan fingerprint density at radius 1 is 1.29 bits per heavy atom. The molecular formula is C15H20O2. The Bertz CT molecular complexity index is 428. The fourth-order valence-corrected chi connectivity index (χ4v) is 3.29. The smallest absolute Gasteiger partial charge is 0.111 e. The van der Waals surface area contributed by atoms with Crippen LogP contribution in [-0.4, -0.2) is 10.2 Å². The van der Waals surface area contributed by atoms with Gasteiger partial charge in [-0.2, -0.15) is 0 Å². The average Bonchev–Trinajstić information content (AvgIpc) is 2.28. The van der Waals surface area contributed by atoms with Gasteiger partial charge < -0.3 is 10.2 Å². The van der Waals surface area contributed by atoms with E-state index in [0.717, 1.165) is 6.26 Å². The minimum absolute atomic E-state index is 0.000671. The van der Waals surface area contributed by atoms with Gasteiger partial charge in [-0.3, -0.25) is 0 Å². The molecule has 0 bridgehead atoms. The molecule has 0 radical (unpaired) electrons. The molecule has 0 aromatic rings. The molecule has 4 atom stereocenters. The first-order valence-corrected chi connectivity index (χ1v) is 6.12. The molecular weight excluding hydrogens is 212 g/mol. The Balaban J connectivity index is 2.30. The first-order chi connectivity index (χ1) is 8.00. The van der Waals surface area contributed by atoms with Crippen molar-refractivity contribution in [1.29, 1.82) is 0 Å². The molecule has 1 fully saturated rings. The van der Waals surface area contributed by atoms with Gasteiger partial charge >= 0.3 is 0 Å². The van der Waals surface area contributed by atoms with Gasteiger partial charge in [0, 0.05) is 5.41 Å². The Labute approximate surface area is 103 Å². The lowest BCUT2D eigenvalue weighted by atomic mass is 9.47. The van der Waals surface area contributed by atoms with Gasteiger partial charge in [-0.15, -0.1) is 0 Å². The highest BCUT2D eigenvalue weighted by Gasteiger charge is 2.53. The van der Waals surface area contributed by atoms with Crippen molar-refractivity contribution in [3.8, 4) is 0 Å². The SMILES string of the molecule is CC1C=C(O)C=C2C1C(C)[C@@]2(C)/C=C\C=C\O. The Morgan fingerprint density at radius 2 is 2.00 bits per heavy atom. The van der Waals surface area contributed by atoms with Gasteiger partial charge in [0.1, 0.15) is 5.76 Å². The number of hydrogen-bond donors (Lipinski definition) is 2. The van der Waals surface area contributed by atoms with Crippen LogP contribution in [0.5, 0.6) is 0 Å². The zero-order valence-electron chi connectivity index (χ0n) is 10.6. The van der Waals surface area contributed by atoms with Gasteiger partial charge in [-0.1, -0.05) is 38.5 Å². The molecule has 92 valence electrons. The van der Waals surface area contributed by atoms with Crippen LogP contribution in [0.15, 0.2) is 48.0 Å². The molecule has 0 saturated heterocycles. The van der Waals surface area contributed by atoms with Crippen LogP contribution in [0.1, 0.15) is 20.8 Å². The van der Waals surface area contributed by atoms with Crippen LogP contribution in [0.25, 0.3) is 0 Å². The summed E-state index contributed by atoms with van der Waals surface area (Å²) in [5.74, 6) is 1.88. The Kier molecular flexibility index (Phi) is 2.90. The first-order valence-electron chi connectivity index (χ1n) is 6.12. The highest BCUT2D eigenvalue weighted by molar-refractivity contribution is 5.43. The normalized spacial score (nSPS) is 41.0.